The maximum absolute atomic E-state index is 12.1. The first-order valence-electron chi connectivity index (χ1n) is 7.37. The fourth-order valence-electron chi connectivity index (χ4n) is 2.83. The number of rotatable bonds is 2. The minimum Gasteiger partial charge on any atom is -0.507 e. The van der Waals surface area contributed by atoms with E-state index < -0.39 is 5.92 Å². The van der Waals surface area contributed by atoms with E-state index in [4.69, 9.17) is 16.9 Å². The Morgan fingerprint density at radius 1 is 1.25 bits per heavy atom. The Morgan fingerprint density at radius 2 is 2.04 bits per heavy atom. The first-order chi connectivity index (χ1) is 11.5. The number of nitrogens with zero attached hydrogens (tertiary/aromatic N) is 1. The third-order valence-corrected chi connectivity index (χ3v) is 4.49. The zero-order chi connectivity index (χ0) is 17.3. The number of hydrogen-bond donors (Lipinski definition) is 2. The smallest absolute Gasteiger partial charge is 0.234 e. The molecule has 1 aliphatic heterocycles. The second-order valence-corrected chi connectivity index (χ2v) is 5.93. The van der Waals surface area contributed by atoms with Crippen LogP contribution in [0.15, 0.2) is 36.4 Å². The summed E-state index contributed by atoms with van der Waals surface area (Å²) in [5.74, 6) is -1.21. The summed E-state index contributed by atoms with van der Waals surface area (Å²) >= 11 is 6.50. The van der Waals surface area contributed by atoms with Crippen molar-refractivity contribution in [2.75, 3.05) is 0 Å². The number of imide groups is 1. The van der Waals surface area contributed by atoms with E-state index in [2.05, 4.69) is 5.32 Å². The van der Waals surface area contributed by atoms with Crippen molar-refractivity contribution in [2.45, 2.75) is 18.8 Å². The van der Waals surface area contributed by atoms with Crippen molar-refractivity contribution < 1.29 is 14.7 Å². The lowest BCUT2D eigenvalue weighted by molar-refractivity contribution is -0.134. The summed E-state index contributed by atoms with van der Waals surface area (Å²) in [6, 6.07) is 11.9. The molecule has 2 aromatic carbocycles. The minimum absolute atomic E-state index is 0.0984. The number of halogens is 1. The first-order valence-corrected chi connectivity index (χ1v) is 7.74. The molecule has 5 nitrogen and oxygen atoms in total. The van der Waals surface area contributed by atoms with Gasteiger partial charge in [0.2, 0.25) is 11.8 Å². The monoisotopic (exact) mass is 340 g/mol. The van der Waals surface area contributed by atoms with Gasteiger partial charge in [-0.15, -0.1) is 0 Å². The van der Waals surface area contributed by atoms with Gasteiger partial charge in [-0.25, -0.2) is 0 Å². The molecule has 0 aromatic heterocycles. The van der Waals surface area contributed by atoms with E-state index in [1.54, 1.807) is 30.3 Å². The summed E-state index contributed by atoms with van der Waals surface area (Å²) in [7, 11) is 0. The highest BCUT2D eigenvalue weighted by Gasteiger charge is 2.30. The molecule has 1 aliphatic rings. The number of aromatic hydroxyl groups is 1. The highest BCUT2D eigenvalue weighted by atomic mass is 35.5. The molecule has 0 aliphatic carbocycles. The number of phenols is 1. The lowest BCUT2D eigenvalue weighted by Crippen LogP contribution is -2.39. The Balaban J connectivity index is 2.05. The maximum Gasteiger partial charge on any atom is 0.234 e. The molecule has 1 fully saturated rings. The van der Waals surface area contributed by atoms with Gasteiger partial charge in [-0.2, -0.15) is 5.26 Å². The van der Waals surface area contributed by atoms with Crippen LogP contribution in [0.2, 0.25) is 5.02 Å². The zero-order valence-corrected chi connectivity index (χ0v) is 13.3. The average Bonchev–Trinajstić information content (AvgIpc) is 2.56. The van der Waals surface area contributed by atoms with E-state index in [1.165, 1.54) is 6.07 Å². The van der Waals surface area contributed by atoms with Crippen molar-refractivity contribution in [2.24, 2.45) is 0 Å². The first kappa shape index (κ1) is 16.0. The number of piperidine rings is 1. The second kappa shape index (κ2) is 6.34. The molecule has 1 saturated heterocycles. The van der Waals surface area contributed by atoms with Gasteiger partial charge in [0.15, 0.2) is 0 Å². The summed E-state index contributed by atoms with van der Waals surface area (Å²) in [6.45, 7) is 0. The van der Waals surface area contributed by atoms with Gasteiger partial charge in [0.1, 0.15) is 11.8 Å². The molecule has 3 rings (SSSR count). The number of nitrogens with one attached hydrogen (secondary N) is 1. The number of carbonyl (C=O) groups excluding carboxylic acids is 2. The van der Waals surface area contributed by atoms with Crippen molar-refractivity contribution in [3.63, 3.8) is 0 Å². The molecule has 0 bridgehead atoms. The minimum atomic E-state index is -0.484. The van der Waals surface area contributed by atoms with Crippen LogP contribution in [0.3, 0.4) is 0 Å². The highest BCUT2D eigenvalue weighted by Crippen LogP contribution is 2.38. The van der Waals surface area contributed by atoms with Crippen LogP contribution in [0.4, 0.5) is 0 Å². The predicted molar refractivity (Wildman–Crippen MR) is 88.4 cm³/mol. The van der Waals surface area contributed by atoms with Crippen molar-refractivity contribution >= 4 is 23.4 Å². The third kappa shape index (κ3) is 2.84. The van der Waals surface area contributed by atoms with Crippen molar-refractivity contribution in [1.29, 1.82) is 5.26 Å². The molecular formula is C18H13ClN2O3. The Hall–Kier alpha value is -2.84. The summed E-state index contributed by atoms with van der Waals surface area (Å²) in [4.78, 5) is 23.4. The van der Waals surface area contributed by atoms with Gasteiger partial charge in [-0.05, 0) is 29.7 Å². The average molecular weight is 341 g/mol. The molecule has 1 unspecified atom stereocenters. The van der Waals surface area contributed by atoms with Gasteiger partial charge in [-0.3, -0.25) is 14.9 Å². The van der Waals surface area contributed by atoms with Crippen molar-refractivity contribution in [1.82, 2.24) is 5.32 Å². The van der Waals surface area contributed by atoms with E-state index in [0.717, 1.165) is 0 Å². The van der Waals surface area contributed by atoms with Crippen LogP contribution in [0.1, 0.15) is 29.9 Å². The topological polar surface area (TPSA) is 90.2 Å². The highest BCUT2D eigenvalue weighted by molar-refractivity contribution is 6.34. The Morgan fingerprint density at radius 3 is 2.75 bits per heavy atom. The van der Waals surface area contributed by atoms with Crippen molar-refractivity contribution in [3.05, 3.63) is 52.5 Å². The number of amides is 2. The third-order valence-electron chi connectivity index (χ3n) is 4.07. The fourth-order valence-corrected chi connectivity index (χ4v) is 3.19. The molecule has 0 spiro atoms. The number of nitriles is 1. The Bertz CT molecular complexity index is 886. The molecule has 2 aromatic rings. The zero-order valence-electron chi connectivity index (χ0n) is 12.5. The number of carbonyl (C=O) groups is 2. The molecule has 2 amide bonds. The molecule has 120 valence electrons. The normalized spacial score (nSPS) is 17.2. The quantitative estimate of drug-likeness (QED) is 0.822. The van der Waals surface area contributed by atoms with Crippen LogP contribution in [0.25, 0.3) is 11.1 Å². The molecule has 1 atom stereocenters. The van der Waals surface area contributed by atoms with Crippen LogP contribution >= 0.6 is 11.6 Å². The predicted octanol–water partition coefficient (Wildman–Crippen LogP) is 3.10. The summed E-state index contributed by atoms with van der Waals surface area (Å²) in [5.41, 5.74) is 2.12. The maximum atomic E-state index is 12.1. The van der Waals surface area contributed by atoms with Crippen LogP contribution in [-0.4, -0.2) is 16.9 Å². The molecule has 24 heavy (non-hydrogen) atoms. The molecule has 6 heteroatoms. The van der Waals surface area contributed by atoms with E-state index in [-0.39, 0.29) is 29.5 Å². The van der Waals surface area contributed by atoms with Gasteiger partial charge in [-0.1, -0.05) is 35.9 Å². The molecule has 0 radical (unpaired) electrons. The van der Waals surface area contributed by atoms with Crippen LogP contribution in [0.5, 0.6) is 5.75 Å². The van der Waals surface area contributed by atoms with E-state index in [1.807, 2.05) is 6.07 Å². The van der Waals surface area contributed by atoms with Crippen LogP contribution in [-0.2, 0) is 9.59 Å². The van der Waals surface area contributed by atoms with E-state index >= 15 is 0 Å². The summed E-state index contributed by atoms with van der Waals surface area (Å²) in [5, 5.41) is 21.4. The second-order valence-electron chi connectivity index (χ2n) is 5.56. The number of benzene rings is 2. The van der Waals surface area contributed by atoms with Gasteiger partial charge in [0.25, 0.3) is 0 Å². The Kier molecular flexibility index (Phi) is 4.24. The Labute approximate surface area is 143 Å². The van der Waals surface area contributed by atoms with E-state index in [9.17, 15) is 14.7 Å². The lowest BCUT2D eigenvalue weighted by Gasteiger charge is -2.23. The molecular weight excluding hydrogens is 328 g/mol. The molecule has 1 heterocycles. The standard InChI is InChI=1S/C18H13ClN2O3/c19-17-12(10-4-6-15(22)11(8-10)9-20)2-1-3-13(17)14-5-7-16(23)21-18(14)24/h1-4,6,8,14,22H,5,7H2,(H,21,23,24). The van der Waals surface area contributed by atoms with Crippen molar-refractivity contribution in [3.8, 4) is 22.9 Å². The van der Waals surface area contributed by atoms with Crippen LogP contribution in [0, 0.1) is 11.3 Å². The lowest BCUT2D eigenvalue weighted by atomic mass is 9.88. The van der Waals surface area contributed by atoms with Gasteiger partial charge in [0, 0.05) is 12.0 Å². The fraction of sp³-hybridized carbons (Fsp3) is 0.167. The van der Waals surface area contributed by atoms with E-state index in [0.29, 0.717) is 28.1 Å². The SMILES string of the molecule is N#Cc1cc(-c2cccc(C3CCC(=O)NC3=O)c2Cl)ccc1O. The summed E-state index contributed by atoms with van der Waals surface area (Å²) in [6.07, 6.45) is 0.682. The van der Waals surface area contributed by atoms with Crippen LogP contribution < -0.4 is 5.32 Å². The van der Waals surface area contributed by atoms with Gasteiger partial charge < -0.3 is 5.11 Å². The summed E-state index contributed by atoms with van der Waals surface area (Å²) < 4.78 is 0. The number of phenolic OH excluding ortho intramolecular Hbond substituents is 1. The molecule has 2 N–H and O–H groups in total. The molecule has 0 saturated carbocycles. The van der Waals surface area contributed by atoms with Gasteiger partial charge in [0.05, 0.1) is 16.5 Å². The number of hydrogen-bond acceptors (Lipinski definition) is 4. The largest absolute Gasteiger partial charge is 0.507 e. The van der Waals surface area contributed by atoms with Gasteiger partial charge >= 0.3 is 0 Å².